The normalized spacial score (nSPS) is 32.0. The zero-order chi connectivity index (χ0) is 4.74. The van der Waals surface area contributed by atoms with E-state index in [1.54, 1.807) is 0 Å². The van der Waals surface area contributed by atoms with Gasteiger partial charge < -0.3 is 13.9 Å². The Morgan fingerprint density at radius 3 is 1.29 bits per heavy atom. The van der Waals surface area contributed by atoms with Crippen LogP contribution in [-0.4, -0.2) is 40.8 Å². The van der Waals surface area contributed by atoms with Crippen LogP contribution >= 0.6 is 0 Å². The Bertz CT molecular complexity index is 70.2. The van der Waals surface area contributed by atoms with Crippen LogP contribution in [0.5, 0.6) is 0 Å². The molecule has 34 valence electrons. The summed E-state index contributed by atoms with van der Waals surface area (Å²) >= 11 is -0.478. The van der Waals surface area contributed by atoms with Crippen LogP contribution in [0.15, 0.2) is 0 Å². The highest BCUT2D eigenvalue weighted by atomic mass is 28.4. The first-order valence-corrected chi connectivity index (χ1v) is 5.28. The van der Waals surface area contributed by atoms with Gasteiger partial charge in [0.1, 0.15) is 0 Å². The van der Waals surface area contributed by atoms with E-state index in [4.69, 9.17) is 13.9 Å². The lowest BCUT2D eigenvalue weighted by Crippen LogP contribution is -2.68. The van der Waals surface area contributed by atoms with E-state index in [1.807, 2.05) is 0 Å². The molecule has 2 saturated heterocycles. The molecule has 2 rings (SSSR count). The van der Waals surface area contributed by atoms with Gasteiger partial charge in [0.25, 0.3) is 0 Å². The third kappa shape index (κ3) is 0.637. The molecule has 4 nitrogen and oxygen atoms in total. The molecule has 0 aromatic rings. The lowest BCUT2D eigenvalue weighted by atomic mass is 15.5. The Hall–Kier alpha value is 1.12. The van der Waals surface area contributed by atoms with Gasteiger partial charge in [0, 0.05) is 0 Å². The largest absolute Gasteiger partial charge is 0.654 e. The molecule has 0 aromatic carbocycles. The molecule has 7 heavy (non-hydrogen) atoms. The Morgan fingerprint density at radius 1 is 0.857 bits per heavy atom. The molecule has 2 radical (unpaired) electrons. The van der Waals surface area contributed by atoms with Gasteiger partial charge in [-0.1, -0.05) is 0 Å². The standard InChI is InChI=1S/2Al.O4Si/c;;1-5(2,3)4/q2*+2;-4. The van der Waals surface area contributed by atoms with Gasteiger partial charge in [0.05, 0.1) is 0 Å². The Labute approximate surface area is 55.0 Å². The molecule has 0 atom stereocenters. The van der Waals surface area contributed by atoms with Crippen molar-refractivity contribution in [3.05, 3.63) is 0 Å². The fourth-order valence-corrected chi connectivity index (χ4v) is 5.28. The van der Waals surface area contributed by atoms with Crippen LogP contribution in [-0.2, 0) is 13.9 Å². The Kier molecular flexibility index (Phi) is 1.10. The Balaban J connectivity index is 2.00. The van der Waals surface area contributed by atoms with E-state index in [1.165, 1.54) is 0 Å². The van der Waals surface area contributed by atoms with E-state index in [0.29, 0.717) is 0 Å². The average molecular weight is 146 g/mol. The van der Waals surface area contributed by atoms with Gasteiger partial charge >= 0.3 is 40.8 Å². The molecular formula is Al2O4Si. The minimum atomic E-state index is -2.22. The van der Waals surface area contributed by atoms with Gasteiger partial charge in [-0.15, -0.1) is 0 Å². The lowest BCUT2D eigenvalue weighted by Gasteiger charge is -2.44. The molecule has 2 fully saturated rings. The first-order valence-electron chi connectivity index (χ1n) is 1.76. The van der Waals surface area contributed by atoms with Crippen LogP contribution in [0, 0.1) is 0 Å². The first-order chi connectivity index (χ1) is 3.41. The number of rotatable bonds is 0. The fraction of sp³-hybridized carbons (Fsp3) is 0. The van der Waals surface area contributed by atoms with Crippen LogP contribution in [0.3, 0.4) is 0 Å². The van der Waals surface area contributed by atoms with Crippen molar-refractivity contribution in [2.24, 2.45) is 0 Å². The van der Waals surface area contributed by atoms with E-state index < -0.39 is 9.05 Å². The summed E-state index contributed by atoms with van der Waals surface area (Å²) in [4.78, 5) is 0. The molecule has 7 heteroatoms. The second-order valence-electron chi connectivity index (χ2n) is 1.16. The van der Waals surface area contributed by atoms with Crippen LogP contribution in [0.1, 0.15) is 0 Å². The predicted molar refractivity (Wildman–Crippen MR) is 21.6 cm³/mol. The molecular weight excluding hydrogens is 146 g/mol. The van der Waals surface area contributed by atoms with Crippen LogP contribution in [0.25, 0.3) is 0 Å². The van der Waals surface area contributed by atoms with Gasteiger partial charge in [-0.25, -0.2) is 0 Å². The lowest BCUT2D eigenvalue weighted by molar-refractivity contribution is 0.0379. The van der Waals surface area contributed by atoms with E-state index in [-0.39, 0.29) is 31.8 Å². The van der Waals surface area contributed by atoms with Gasteiger partial charge in [0.2, 0.25) is 0 Å². The molecule has 2 aliphatic rings. The van der Waals surface area contributed by atoms with E-state index in [2.05, 4.69) is 0 Å². The van der Waals surface area contributed by atoms with Crippen molar-refractivity contribution in [3.63, 3.8) is 0 Å². The van der Waals surface area contributed by atoms with Crippen molar-refractivity contribution < 1.29 is 13.9 Å². The zero-order valence-corrected chi connectivity index (χ0v) is 6.60. The summed E-state index contributed by atoms with van der Waals surface area (Å²) < 4.78 is 19.7. The highest BCUT2D eigenvalue weighted by Gasteiger charge is 2.57. The van der Waals surface area contributed by atoms with Gasteiger partial charge in [-0.3, -0.25) is 0 Å². The number of hydrogen-bond donors (Lipinski definition) is 0. The summed E-state index contributed by atoms with van der Waals surface area (Å²) in [5.41, 5.74) is 0. The molecule has 0 bridgehead atoms. The highest BCUT2D eigenvalue weighted by molar-refractivity contribution is 6.81. The third-order valence-corrected chi connectivity index (χ3v) is 6.93. The summed E-state index contributed by atoms with van der Waals surface area (Å²) in [7, 11) is -2.22. The quantitative estimate of drug-likeness (QED) is 0.393. The summed E-state index contributed by atoms with van der Waals surface area (Å²) in [5.74, 6) is 0. The van der Waals surface area contributed by atoms with Gasteiger partial charge in [0.15, 0.2) is 0 Å². The Morgan fingerprint density at radius 2 is 1.29 bits per heavy atom. The van der Waals surface area contributed by atoms with Crippen molar-refractivity contribution in [3.8, 4) is 0 Å². The molecule has 0 aromatic heterocycles. The van der Waals surface area contributed by atoms with Gasteiger partial charge in [-0.05, 0) is 0 Å². The van der Waals surface area contributed by atoms with Crippen LogP contribution < -0.4 is 0 Å². The van der Waals surface area contributed by atoms with Crippen molar-refractivity contribution in [2.75, 3.05) is 0 Å². The molecule has 2 heterocycles. The minimum Gasteiger partial charge on any atom is -0.468 e. The fourth-order valence-electron chi connectivity index (χ4n) is 0.364. The van der Waals surface area contributed by atoms with Crippen LogP contribution in [0.4, 0.5) is 0 Å². The minimum absolute atomic E-state index is 0.239. The maximum absolute atomic E-state index is 4.93. The highest BCUT2D eigenvalue weighted by Crippen LogP contribution is 2.23. The summed E-state index contributed by atoms with van der Waals surface area (Å²) in [6, 6.07) is 0. The monoisotopic (exact) mass is 146 g/mol. The molecule has 0 N–H and O–H groups in total. The molecule has 0 saturated carbocycles. The van der Waals surface area contributed by atoms with Gasteiger partial charge in [-0.2, -0.15) is 0 Å². The van der Waals surface area contributed by atoms with Crippen molar-refractivity contribution >= 4 is 40.8 Å². The SMILES string of the molecule is [O]1[Al][O][Si]12[O][Al][O]2. The average Bonchev–Trinajstić information content (AvgIpc) is 1.20. The second-order valence-corrected chi connectivity index (χ2v) is 6.32. The van der Waals surface area contributed by atoms with E-state index in [0.717, 1.165) is 0 Å². The summed E-state index contributed by atoms with van der Waals surface area (Å²) in [5, 5.41) is 0. The first kappa shape index (κ1) is 4.95. The summed E-state index contributed by atoms with van der Waals surface area (Å²) in [6.07, 6.45) is 0. The maximum Gasteiger partial charge on any atom is 0.654 e. The number of hydrogen-bond acceptors (Lipinski definition) is 4. The van der Waals surface area contributed by atoms with E-state index in [9.17, 15) is 0 Å². The second kappa shape index (κ2) is 1.55. The van der Waals surface area contributed by atoms with Crippen LogP contribution in [0.2, 0.25) is 0 Å². The molecule has 2 aliphatic heterocycles. The topological polar surface area (TPSA) is 36.9 Å². The summed E-state index contributed by atoms with van der Waals surface area (Å²) in [6.45, 7) is 0. The zero-order valence-electron chi connectivity index (χ0n) is 3.29. The molecule has 1 spiro atoms. The third-order valence-electron chi connectivity index (χ3n) is 0.770. The molecule has 0 aliphatic carbocycles. The van der Waals surface area contributed by atoms with Crippen molar-refractivity contribution in [1.82, 2.24) is 0 Å². The van der Waals surface area contributed by atoms with Crippen molar-refractivity contribution in [2.45, 2.75) is 0 Å². The maximum atomic E-state index is 4.93. The smallest absolute Gasteiger partial charge is 0.468 e. The molecule has 0 unspecified atom stereocenters. The molecule has 0 amide bonds. The predicted octanol–water partition coefficient (Wildman–Crippen LogP) is -1.42. The van der Waals surface area contributed by atoms with E-state index >= 15 is 0 Å². The van der Waals surface area contributed by atoms with Crippen molar-refractivity contribution in [1.29, 1.82) is 0 Å².